The number of hydrogen-bond donors (Lipinski definition) is 0. The number of nitriles is 1. The summed E-state index contributed by atoms with van der Waals surface area (Å²) < 4.78 is 5.56. The number of rotatable bonds is 3. The fourth-order valence-electron chi connectivity index (χ4n) is 1.89. The number of aromatic nitrogens is 2. The summed E-state index contributed by atoms with van der Waals surface area (Å²) in [5.74, 6) is 0.397. The second-order valence-corrected chi connectivity index (χ2v) is 4.44. The summed E-state index contributed by atoms with van der Waals surface area (Å²) in [6.45, 7) is 1.66. The Hall–Kier alpha value is -1.38. The molecular weight excluding hydrogens is 240 g/mol. The maximum atomic E-state index is 8.71. The van der Waals surface area contributed by atoms with Crippen molar-refractivity contribution in [3.05, 3.63) is 17.0 Å². The fraction of sp³-hybridized carbons (Fsp3) is 0.545. The van der Waals surface area contributed by atoms with Crippen molar-refractivity contribution >= 4 is 11.6 Å². The first-order chi connectivity index (χ1) is 8.19. The summed E-state index contributed by atoms with van der Waals surface area (Å²) in [6.07, 6.45) is 2.32. The number of nitrogens with zero attached hydrogens (tertiary/aromatic N) is 4. The maximum absolute atomic E-state index is 8.71. The molecule has 0 saturated carbocycles. The van der Waals surface area contributed by atoms with Crippen LogP contribution in [0.15, 0.2) is 6.07 Å². The zero-order valence-corrected chi connectivity index (χ0v) is 10.3. The van der Waals surface area contributed by atoms with Crippen molar-refractivity contribution in [3.63, 3.8) is 0 Å². The summed E-state index contributed by atoms with van der Waals surface area (Å²) in [5.41, 5.74) is 0. The third-order valence-corrected chi connectivity index (χ3v) is 3.06. The summed E-state index contributed by atoms with van der Waals surface area (Å²) >= 11 is 5.76. The highest BCUT2D eigenvalue weighted by molar-refractivity contribution is 6.29. The SMILES string of the molecule is CN1CCC[C@H]1COc1cc(Cl)nc(C#N)n1. The predicted molar refractivity (Wildman–Crippen MR) is 62.9 cm³/mol. The Bertz CT molecular complexity index is 446. The summed E-state index contributed by atoms with van der Waals surface area (Å²) in [6, 6.07) is 3.78. The lowest BCUT2D eigenvalue weighted by Crippen LogP contribution is -2.30. The molecule has 0 amide bonds. The Balaban J connectivity index is 1.99. The van der Waals surface area contributed by atoms with Gasteiger partial charge in [-0.2, -0.15) is 10.2 Å². The molecule has 17 heavy (non-hydrogen) atoms. The minimum atomic E-state index is 0.0345. The van der Waals surface area contributed by atoms with E-state index >= 15 is 0 Å². The molecule has 0 N–H and O–H groups in total. The smallest absolute Gasteiger partial charge is 0.236 e. The summed E-state index contributed by atoms with van der Waals surface area (Å²) in [5, 5.41) is 8.94. The van der Waals surface area contributed by atoms with E-state index in [1.165, 1.54) is 12.5 Å². The molecule has 1 aliphatic heterocycles. The molecule has 5 nitrogen and oxygen atoms in total. The van der Waals surface area contributed by atoms with Crippen LogP contribution in [0.2, 0.25) is 5.15 Å². The molecule has 0 radical (unpaired) electrons. The van der Waals surface area contributed by atoms with Gasteiger partial charge in [0.1, 0.15) is 17.8 Å². The van der Waals surface area contributed by atoms with Gasteiger partial charge in [-0.05, 0) is 26.4 Å². The van der Waals surface area contributed by atoms with Gasteiger partial charge in [0.2, 0.25) is 11.7 Å². The lowest BCUT2D eigenvalue weighted by Gasteiger charge is -2.19. The Morgan fingerprint density at radius 2 is 2.47 bits per heavy atom. The number of halogens is 1. The molecule has 90 valence electrons. The molecule has 0 bridgehead atoms. The molecule has 0 spiro atoms. The highest BCUT2D eigenvalue weighted by atomic mass is 35.5. The Labute approximate surface area is 105 Å². The number of ether oxygens (including phenoxy) is 1. The lowest BCUT2D eigenvalue weighted by atomic mass is 10.2. The van der Waals surface area contributed by atoms with Gasteiger partial charge in [-0.15, -0.1) is 0 Å². The van der Waals surface area contributed by atoms with Crippen LogP contribution in [0.25, 0.3) is 0 Å². The maximum Gasteiger partial charge on any atom is 0.236 e. The van der Waals surface area contributed by atoms with Gasteiger partial charge in [-0.25, -0.2) is 4.98 Å². The van der Waals surface area contributed by atoms with Crippen molar-refractivity contribution in [1.29, 1.82) is 5.26 Å². The molecule has 6 heteroatoms. The molecule has 0 unspecified atom stereocenters. The third-order valence-electron chi connectivity index (χ3n) is 2.87. The van der Waals surface area contributed by atoms with Gasteiger partial charge < -0.3 is 9.64 Å². The van der Waals surface area contributed by atoms with Crippen LogP contribution in [0.4, 0.5) is 0 Å². The van der Waals surface area contributed by atoms with E-state index in [-0.39, 0.29) is 11.0 Å². The molecule has 2 heterocycles. The number of likely N-dealkylation sites (N-methyl/N-ethyl adjacent to an activating group) is 1. The van der Waals surface area contributed by atoms with E-state index in [2.05, 4.69) is 21.9 Å². The molecule has 1 atom stereocenters. The Morgan fingerprint density at radius 1 is 1.65 bits per heavy atom. The van der Waals surface area contributed by atoms with Gasteiger partial charge in [-0.3, -0.25) is 0 Å². The van der Waals surface area contributed by atoms with Gasteiger partial charge in [-0.1, -0.05) is 11.6 Å². The van der Waals surface area contributed by atoms with E-state index < -0.39 is 0 Å². The van der Waals surface area contributed by atoms with E-state index in [4.69, 9.17) is 21.6 Å². The molecule has 1 saturated heterocycles. The Morgan fingerprint density at radius 3 is 3.12 bits per heavy atom. The third kappa shape index (κ3) is 3.05. The van der Waals surface area contributed by atoms with Crippen molar-refractivity contribution in [2.75, 3.05) is 20.2 Å². The van der Waals surface area contributed by atoms with Gasteiger partial charge in [0.15, 0.2) is 0 Å². The van der Waals surface area contributed by atoms with E-state index in [1.54, 1.807) is 0 Å². The standard InChI is InChI=1S/C11H13ClN4O/c1-16-4-2-3-8(16)7-17-11-5-9(12)14-10(6-13)15-11/h5,8H,2-4,7H2,1H3/t8-/m0/s1. The topological polar surface area (TPSA) is 62.0 Å². The second kappa shape index (κ2) is 5.30. The molecule has 1 aliphatic rings. The van der Waals surface area contributed by atoms with Crippen molar-refractivity contribution in [2.45, 2.75) is 18.9 Å². The van der Waals surface area contributed by atoms with Crippen molar-refractivity contribution < 1.29 is 4.74 Å². The first-order valence-electron chi connectivity index (χ1n) is 5.47. The van der Waals surface area contributed by atoms with Crippen LogP contribution in [-0.2, 0) is 0 Å². The average molecular weight is 253 g/mol. The second-order valence-electron chi connectivity index (χ2n) is 4.05. The normalized spacial score (nSPS) is 20.2. The van der Waals surface area contributed by atoms with Crippen molar-refractivity contribution in [3.8, 4) is 11.9 Å². The van der Waals surface area contributed by atoms with E-state index in [1.807, 2.05) is 6.07 Å². The molecule has 2 rings (SSSR count). The van der Waals surface area contributed by atoms with Crippen LogP contribution in [0, 0.1) is 11.3 Å². The van der Waals surface area contributed by atoms with Crippen LogP contribution in [0.1, 0.15) is 18.7 Å². The first kappa shape index (κ1) is 12.1. The number of hydrogen-bond acceptors (Lipinski definition) is 5. The first-order valence-corrected chi connectivity index (χ1v) is 5.84. The van der Waals surface area contributed by atoms with E-state index in [9.17, 15) is 0 Å². The molecule has 1 aromatic heterocycles. The van der Waals surface area contributed by atoms with Crippen LogP contribution < -0.4 is 4.74 Å². The predicted octanol–water partition coefficient (Wildman–Crippen LogP) is 1.47. The Kier molecular flexibility index (Phi) is 3.77. The zero-order chi connectivity index (χ0) is 12.3. The minimum absolute atomic E-state index is 0.0345. The zero-order valence-electron chi connectivity index (χ0n) is 9.56. The number of likely N-dealkylation sites (tertiary alicyclic amines) is 1. The lowest BCUT2D eigenvalue weighted by molar-refractivity contribution is 0.193. The molecule has 0 aliphatic carbocycles. The van der Waals surface area contributed by atoms with Gasteiger partial charge in [0, 0.05) is 12.1 Å². The highest BCUT2D eigenvalue weighted by Crippen LogP contribution is 2.18. The van der Waals surface area contributed by atoms with Crippen molar-refractivity contribution in [2.24, 2.45) is 0 Å². The molecule has 1 aromatic rings. The van der Waals surface area contributed by atoms with Gasteiger partial charge in [0.05, 0.1) is 0 Å². The van der Waals surface area contributed by atoms with Gasteiger partial charge in [0.25, 0.3) is 0 Å². The molecular formula is C11H13ClN4O. The highest BCUT2D eigenvalue weighted by Gasteiger charge is 2.21. The van der Waals surface area contributed by atoms with Crippen LogP contribution in [0.5, 0.6) is 5.88 Å². The van der Waals surface area contributed by atoms with E-state index in [0.717, 1.165) is 13.0 Å². The fourth-order valence-corrected chi connectivity index (χ4v) is 2.07. The van der Waals surface area contributed by atoms with Crippen LogP contribution in [0.3, 0.4) is 0 Å². The summed E-state index contributed by atoms with van der Waals surface area (Å²) in [7, 11) is 2.08. The quantitative estimate of drug-likeness (QED) is 0.763. The van der Waals surface area contributed by atoms with Gasteiger partial charge >= 0.3 is 0 Å². The molecule has 1 fully saturated rings. The molecule has 0 aromatic carbocycles. The van der Waals surface area contributed by atoms with Crippen molar-refractivity contribution in [1.82, 2.24) is 14.9 Å². The minimum Gasteiger partial charge on any atom is -0.476 e. The van der Waals surface area contributed by atoms with Crippen LogP contribution in [-0.4, -0.2) is 41.1 Å². The summed E-state index contributed by atoms with van der Waals surface area (Å²) in [4.78, 5) is 9.95. The van der Waals surface area contributed by atoms with E-state index in [0.29, 0.717) is 18.5 Å². The van der Waals surface area contributed by atoms with Crippen LogP contribution >= 0.6 is 11.6 Å². The average Bonchev–Trinajstić information content (AvgIpc) is 2.71. The largest absolute Gasteiger partial charge is 0.476 e. The monoisotopic (exact) mass is 252 g/mol.